The van der Waals surface area contributed by atoms with E-state index in [2.05, 4.69) is 0 Å². The highest BCUT2D eigenvalue weighted by atomic mass is 32.2. The number of nitrogens with one attached hydrogen (secondary N) is 1. The molecule has 2 amide bonds. The van der Waals surface area contributed by atoms with Gasteiger partial charge in [0.2, 0.25) is 0 Å². The van der Waals surface area contributed by atoms with Crippen molar-refractivity contribution in [2.45, 2.75) is 6.04 Å². The third kappa shape index (κ3) is 2.12. The molecule has 14 heavy (non-hydrogen) atoms. The number of amides is 2. The monoisotopic (exact) mass is 218 g/mol. The summed E-state index contributed by atoms with van der Waals surface area (Å²) in [4.78, 5) is 12.3. The third-order valence-corrected chi connectivity index (χ3v) is 3.11. The first kappa shape index (κ1) is 10.7. The van der Waals surface area contributed by atoms with Crippen LogP contribution < -0.4 is 4.72 Å². The summed E-state index contributed by atoms with van der Waals surface area (Å²) in [5.41, 5.74) is 0. The minimum atomic E-state index is -3.75. The van der Waals surface area contributed by atoms with Crippen molar-refractivity contribution in [1.29, 1.82) is 5.26 Å². The van der Waals surface area contributed by atoms with Crippen LogP contribution in [0.5, 0.6) is 0 Å². The van der Waals surface area contributed by atoms with Gasteiger partial charge >= 0.3 is 16.2 Å². The molecule has 1 saturated heterocycles. The Balaban J connectivity index is 2.56. The van der Waals surface area contributed by atoms with E-state index in [0.29, 0.717) is 0 Å². The lowest BCUT2D eigenvalue weighted by Crippen LogP contribution is -2.41. The molecule has 0 aromatic rings. The molecule has 78 valence electrons. The fourth-order valence-corrected chi connectivity index (χ4v) is 1.25. The molecule has 1 heterocycles. The van der Waals surface area contributed by atoms with Crippen LogP contribution in [0.25, 0.3) is 0 Å². The number of nitriles is 1. The first-order chi connectivity index (χ1) is 6.38. The molecule has 0 aromatic carbocycles. The lowest BCUT2D eigenvalue weighted by molar-refractivity contribution is 0.233. The van der Waals surface area contributed by atoms with E-state index >= 15 is 0 Å². The van der Waals surface area contributed by atoms with E-state index in [-0.39, 0.29) is 6.54 Å². The van der Waals surface area contributed by atoms with Gasteiger partial charge in [0.1, 0.15) is 6.04 Å². The molecule has 1 rings (SSSR count). The van der Waals surface area contributed by atoms with Crippen LogP contribution in [0.1, 0.15) is 0 Å². The summed E-state index contributed by atoms with van der Waals surface area (Å²) in [6.45, 7) is 0.283. The van der Waals surface area contributed by atoms with E-state index in [1.807, 2.05) is 10.8 Å². The van der Waals surface area contributed by atoms with E-state index in [4.69, 9.17) is 5.26 Å². The van der Waals surface area contributed by atoms with Crippen LogP contribution in [0.2, 0.25) is 0 Å². The fraction of sp³-hybridized carbons (Fsp3) is 0.667. The highest BCUT2D eigenvalue weighted by Gasteiger charge is 2.40. The van der Waals surface area contributed by atoms with E-state index in [1.165, 1.54) is 14.1 Å². The Morgan fingerprint density at radius 3 is 2.57 bits per heavy atom. The number of hydrogen-bond donors (Lipinski definition) is 1. The van der Waals surface area contributed by atoms with Crippen molar-refractivity contribution < 1.29 is 13.2 Å². The van der Waals surface area contributed by atoms with Crippen molar-refractivity contribution >= 4 is 16.2 Å². The van der Waals surface area contributed by atoms with E-state index < -0.39 is 22.3 Å². The van der Waals surface area contributed by atoms with Gasteiger partial charge in [-0.1, -0.05) is 0 Å². The maximum Gasteiger partial charge on any atom is 0.333 e. The Morgan fingerprint density at radius 1 is 1.64 bits per heavy atom. The second-order valence-electron chi connectivity index (χ2n) is 2.99. The summed E-state index contributed by atoms with van der Waals surface area (Å²) in [5.74, 6) is 0. The van der Waals surface area contributed by atoms with Crippen LogP contribution in [0, 0.1) is 11.3 Å². The zero-order valence-electron chi connectivity index (χ0n) is 7.76. The topological polar surface area (TPSA) is 93.3 Å². The van der Waals surface area contributed by atoms with Crippen LogP contribution in [0.15, 0.2) is 0 Å². The van der Waals surface area contributed by atoms with Crippen molar-refractivity contribution in [2.75, 3.05) is 20.6 Å². The lowest BCUT2D eigenvalue weighted by Gasteiger charge is -2.12. The molecule has 1 N–H and O–H groups in total. The van der Waals surface area contributed by atoms with Gasteiger partial charge in [0.25, 0.3) is 0 Å². The third-order valence-electron chi connectivity index (χ3n) is 1.72. The van der Waals surface area contributed by atoms with E-state index in [0.717, 1.165) is 9.21 Å². The highest BCUT2D eigenvalue weighted by molar-refractivity contribution is 7.87. The molecular weight excluding hydrogens is 208 g/mol. The largest absolute Gasteiger partial charge is 0.333 e. The van der Waals surface area contributed by atoms with Crippen molar-refractivity contribution in [1.82, 2.24) is 13.9 Å². The molecule has 1 aliphatic rings. The Hall–Kier alpha value is -1.33. The number of urea groups is 1. The summed E-state index contributed by atoms with van der Waals surface area (Å²) < 4.78 is 25.0. The molecule has 0 saturated carbocycles. The predicted octanol–water partition coefficient (Wildman–Crippen LogP) is -1.29. The van der Waals surface area contributed by atoms with Gasteiger partial charge in [0.05, 0.1) is 12.6 Å². The predicted molar refractivity (Wildman–Crippen MR) is 47.2 cm³/mol. The number of hydrogen-bond acceptors (Lipinski definition) is 4. The maximum absolute atomic E-state index is 11.2. The summed E-state index contributed by atoms with van der Waals surface area (Å²) in [5, 5.41) is 8.40. The van der Waals surface area contributed by atoms with Crippen molar-refractivity contribution in [2.24, 2.45) is 0 Å². The smallest absolute Gasteiger partial charge is 0.303 e. The van der Waals surface area contributed by atoms with Crippen molar-refractivity contribution in [3.8, 4) is 6.07 Å². The lowest BCUT2D eigenvalue weighted by atomic mass is 10.5. The van der Waals surface area contributed by atoms with Crippen LogP contribution in [-0.2, 0) is 10.2 Å². The SMILES string of the molecule is CN(C)S(=O)(=O)NC(=O)N1CC1C#N. The fourth-order valence-electron chi connectivity index (χ4n) is 0.734. The average molecular weight is 218 g/mol. The molecule has 1 unspecified atom stereocenters. The summed E-state index contributed by atoms with van der Waals surface area (Å²) in [7, 11) is -1.14. The number of rotatable bonds is 2. The van der Waals surface area contributed by atoms with E-state index in [1.54, 1.807) is 0 Å². The van der Waals surface area contributed by atoms with Gasteiger partial charge in [-0.15, -0.1) is 0 Å². The van der Waals surface area contributed by atoms with Gasteiger partial charge in [-0.05, 0) is 0 Å². The zero-order chi connectivity index (χ0) is 10.9. The molecule has 1 aliphatic heterocycles. The maximum atomic E-state index is 11.2. The van der Waals surface area contributed by atoms with Gasteiger partial charge < -0.3 is 4.90 Å². The van der Waals surface area contributed by atoms with Gasteiger partial charge in [0, 0.05) is 14.1 Å². The van der Waals surface area contributed by atoms with Crippen molar-refractivity contribution in [3.05, 3.63) is 0 Å². The molecule has 0 spiro atoms. The first-order valence-corrected chi connectivity index (χ1v) is 5.23. The van der Waals surface area contributed by atoms with Crippen molar-refractivity contribution in [3.63, 3.8) is 0 Å². The average Bonchev–Trinajstić information content (AvgIpc) is 2.81. The highest BCUT2D eigenvalue weighted by Crippen LogP contribution is 2.15. The molecule has 0 aliphatic carbocycles. The molecule has 0 aromatic heterocycles. The summed E-state index contributed by atoms with van der Waals surface area (Å²) in [6, 6.07) is 0.589. The molecule has 7 nitrogen and oxygen atoms in total. The minimum absolute atomic E-state index is 0.283. The first-order valence-electron chi connectivity index (χ1n) is 3.79. The van der Waals surface area contributed by atoms with Crippen LogP contribution in [-0.4, -0.2) is 50.3 Å². The number of carbonyl (C=O) groups is 1. The Kier molecular flexibility index (Phi) is 2.64. The van der Waals surface area contributed by atoms with Crippen LogP contribution in [0.3, 0.4) is 0 Å². The normalized spacial score (nSPS) is 20.4. The van der Waals surface area contributed by atoms with E-state index in [9.17, 15) is 13.2 Å². The molecule has 1 atom stereocenters. The quantitative estimate of drug-likeness (QED) is 0.583. The minimum Gasteiger partial charge on any atom is -0.303 e. The van der Waals surface area contributed by atoms with Crippen LogP contribution >= 0.6 is 0 Å². The Labute approximate surface area is 82.1 Å². The zero-order valence-corrected chi connectivity index (χ0v) is 8.58. The molecular formula is C6H10N4O3S. The van der Waals surface area contributed by atoms with Crippen LogP contribution in [0.4, 0.5) is 4.79 Å². The summed E-state index contributed by atoms with van der Waals surface area (Å²) in [6.07, 6.45) is 0. The second-order valence-corrected chi connectivity index (χ2v) is 4.88. The summed E-state index contributed by atoms with van der Waals surface area (Å²) >= 11 is 0. The van der Waals surface area contributed by atoms with Gasteiger partial charge in [-0.3, -0.25) is 0 Å². The Morgan fingerprint density at radius 2 is 2.21 bits per heavy atom. The standard InChI is InChI=1S/C6H10N4O3S/c1-9(2)14(12,13)8-6(11)10-4-5(10)3-7/h5H,4H2,1-2H3,(H,8,11). The number of nitrogens with zero attached hydrogens (tertiary/aromatic N) is 3. The molecule has 1 fully saturated rings. The molecule has 8 heteroatoms. The Bertz CT molecular complexity index is 382. The second kappa shape index (κ2) is 3.43. The van der Waals surface area contributed by atoms with Gasteiger partial charge in [-0.2, -0.15) is 18.0 Å². The molecule has 0 radical (unpaired) electrons. The molecule has 0 bridgehead atoms. The van der Waals surface area contributed by atoms with Gasteiger partial charge in [-0.25, -0.2) is 9.52 Å². The van der Waals surface area contributed by atoms with Gasteiger partial charge in [0.15, 0.2) is 0 Å². The number of carbonyl (C=O) groups excluding carboxylic acids is 1.